The first kappa shape index (κ1) is 16.1. The molecule has 1 amide bonds. The highest BCUT2D eigenvalue weighted by Crippen LogP contribution is 2.24. The minimum absolute atomic E-state index is 0.0117. The number of para-hydroxylation sites is 1. The fourth-order valence-electron chi connectivity index (χ4n) is 2.80. The number of ether oxygens (including phenoxy) is 1. The van der Waals surface area contributed by atoms with Crippen LogP contribution in [0.15, 0.2) is 66.7 Å². The number of hydrogen-bond donors (Lipinski definition) is 1. The van der Waals surface area contributed by atoms with Crippen LogP contribution in [-0.2, 0) is 11.2 Å². The number of fused-ring (bicyclic) bond motifs is 1. The van der Waals surface area contributed by atoms with Crippen molar-refractivity contribution in [1.29, 1.82) is 0 Å². The summed E-state index contributed by atoms with van der Waals surface area (Å²) < 4.78 is 5.61. The lowest BCUT2D eigenvalue weighted by molar-refractivity contribution is -0.116. The van der Waals surface area contributed by atoms with E-state index in [4.69, 9.17) is 4.74 Å². The highest BCUT2D eigenvalue weighted by atomic mass is 16.5. The topological polar surface area (TPSA) is 38.3 Å². The summed E-state index contributed by atoms with van der Waals surface area (Å²) in [6.45, 7) is 2.59. The SMILES string of the molecule is CCOc1ccccc1CCC(=O)Nc1cccc2ccccc12. The summed E-state index contributed by atoms with van der Waals surface area (Å²) in [5.74, 6) is 0.871. The molecule has 0 aliphatic rings. The lowest BCUT2D eigenvalue weighted by Crippen LogP contribution is -2.13. The molecular formula is C21H21NO2. The van der Waals surface area contributed by atoms with Crippen molar-refractivity contribution in [3.8, 4) is 5.75 Å². The molecule has 3 rings (SSSR count). The van der Waals surface area contributed by atoms with Gasteiger partial charge < -0.3 is 10.1 Å². The molecule has 24 heavy (non-hydrogen) atoms. The van der Waals surface area contributed by atoms with E-state index in [2.05, 4.69) is 5.32 Å². The van der Waals surface area contributed by atoms with Crippen molar-refractivity contribution in [1.82, 2.24) is 0 Å². The number of carbonyl (C=O) groups is 1. The number of benzene rings is 3. The van der Waals surface area contributed by atoms with Gasteiger partial charge in [-0.1, -0.05) is 54.6 Å². The number of amides is 1. The van der Waals surface area contributed by atoms with Gasteiger partial charge >= 0.3 is 0 Å². The van der Waals surface area contributed by atoms with E-state index in [-0.39, 0.29) is 5.91 Å². The summed E-state index contributed by atoms with van der Waals surface area (Å²) >= 11 is 0. The summed E-state index contributed by atoms with van der Waals surface area (Å²) in [6, 6.07) is 21.9. The molecule has 0 aromatic heterocycles. The van der Waals surface area contributed by atoms with Gasteiger partial charge in [-0.25, -0.2) is 0 Å². The van der Waals surface area contributed by atoms with Crippen molar-refractivity contribution < 1.29 is 9.53 Å². The fraction of sp³-hybridized carbons (Fsp3) is 0.190. The maximum absolute atomic E-state index is 12.3. The van der Waals surface area contributed by atoms with E-state index in [1.807, 2.05) is 73.7 Å². The molecule has 3 nitrogen and oxygen atoms in total. The summed E-state index contributed by atoms with van der Waals surface area (Å²) in [7, 11) is 0. The molecule has 0 heterocycles. The quantitative estimate of drug-likeness (QED) is 0.708. The van der Waals surface area contributed by atoms with Crippen LogP contribution in [0, 0.1) is 0 Å². The molecule has 0 aliphatic heterocycles. The van der Waals surface area contributed by atoms with Crippen molar-refractivity contribution in [3.05, 3.63) is 72.3 Å². The Bertz CT molecular complexity index is 837. The average Bonchev–Trinajstić information content (AvgIpc) is 2.62. The van der Waals surface area contributed by atoms with Gasteiger partial charge in [-0.3, -0.25) is 4.79 Å². The van der Waals surface area contributed by atoms with E-state index in [0.29, 0.717) is 19.4 Å². The molecule has 0 saturated carbocycles. The molecule has 0 unspecified atom stereocenters. The third-order valence-corrected chi connectivity index (χ3v) is 3.96. The summed E-state index contributed by atoms with van der Waals surface area (Å²) in [6.07, 6.45) is 1.08. The van der Waals surface area contributed by atoms with Crippen LogP contribution in [0.4, 0.5) is 5.69 Å². The molecular weight excluding hydrogens is 298 g/mol. The van der Waals surface area contributed by atoms with Gasteiger partial charge in [-0.2, -0.15) is 0 Å². The zero-order valence-corrected chi connectivity index (χ0v) is 13.8. The first-order valence-corrected chi connectivity index (χ1v) is 8.26. The Hall–Kier alpha value is -2.81. The third kappa shape index (κ3) is 3.74. The Morgan fingerprint density at radius 3 is 2.58 bits per heavy atom. The highest BCUT2D eigenvalue weighted by molar-refractivity contribution is 6.02. The Labute approximate surface area is 142 Å². The minimum Gasteiger partial charge on any atom is -0.494 e. The van der Waals surface area contributed by atoms with Crippen LogP contribution < -0.4 is 10.1 Å². The number of nitrogens with one attached hydrogen (secondary N) is 1. The van der Waals surface area contributed by atoms with Gasteiger partial charge in [0.1, 0.15) is 5.75 Å². The first-order valence-electron chi connectivity index (χ1n) is 8.26. The van der Waals surface area contributed by atoms with Gasteiger partial charge in [-0.15, -0.1) is 0 Å². The third-order valence-electron chi connectivity index (χ3n) is 3.96. The second-order valence-corrected chi connectivity index (χ2v) is 5.62. The van der Waals surface area contributed by atoms with Crippen LogP contribution in [0.25, 0.3) is 10.8 Å². The molecule has 0 aliphatic carbocycles. The van der Waals surface area contributed by atoms with Gasteiger partial charge in [0, 0.05) is 17.5 Å². The zero-order chi connectivity index (χ0) is 16.8. The molecule has 0 saturated heterocycles. The Morgan fingerprint density at radius 1 is 0.958 bits per heavy atom. The molecule has 0 radical (unpaired) electrons. The molecule has 0 fully saturated rings. The monoisotopic (exact) mass is 319 g/mol. The summed E-state index contributed by atoms with van der Waals surface area (Å²) in [4.78, 5) is 12.3. The van der Waals surface area contributed by atoms with Crippen LogP contribution in [0.5, 0.6) is 5.75 Å². The fourth-order valence-corrected chi connectivity index (χ4v) is 2.80. The smallest absolute Gasteiger partial charge is 0.224 e. The van der Waals surface area contributed by atoms with E-state index in [9.17, 15) is 4.79 Å². The maximum Gasteiger partial charge on any atom is 0.224 e. The largest absolute Gasteiger partial charge is 0.494 e. The van der Waals surface area contributed by atoms with Crippen LogP contribution in [0.1, 0.15) is 18.9 Å². The van der Waals surface area contributed by atoms with Crippen LogP contribution in [0.3, 0.4) is 0 Å². The Morgan fingerprint density at radius 2 is 1.71 bits per heavy atom. The van der Waals surface area contributed by atoms with Crippen LogP contribution >= 0.6 is 0 Å². The van der Waals surface area contributed by atoms with Crippen molar-refractivity contribution in [3.63, 3.8) is 0 Å². The summed E-state index contributed by atoms with van der Waals surface area (Å²) in [5, 5.41) is 5.21. The van der Waals surface area contributed by atoms with Crippen molar-refractivity contribution in [2.75, 3.05) is 11.9 Å². The lowest BCUT2D eigenvalue weighted by Gasteiger charge is -2.11. The molecule has 0 atom stereocenters. The number of aryl methyl sites for hydroxylation is 1. The van der Waals surface area contributed by atoms with Crippen molar-refractivity contribution >= 4 is 22.4 Å². The second-order valence-electron chi connectivity index (χ2n) is 5.62. The van der Waals surface area contributed by atoms with Gasteiger partial charge in [0.05, 0.1) is 6.61 Å². The predicted molar refractivity (Wildman–Crippen MR) is 98.5 cm³/mol. The number of hydrogen-bond acceptors (Lipinski definition) is 2. The molecule has 0 bridgehead atoms. The maximum atomic E-state index is 12.3. The van der Waals surface area contributed by atoms with E-state index < -0.39 is 0 Å². The standard InChI is InChI=1S/C21H21NO2/c1-2-24-20-13-6-4-9-17(20)14-15-21(23)22-19-12-7-10-16-8-3-5-11-18(16)19/h3-13H,2,14-15H2,1H3,(H,22,23). The van der Waals surface area contributed by atoms with Gasteiger partial charge in [0.2, 0.25) is 5.91 Å². The number of rotatable bonds is 6. The summed E-state index contributed by atoms with van der Waals surface area (Å²) in [5.41, 5.74) is 1.92. The van der Waals surface area contributed by atoms with Gasteiger partial charge in [0.25, 0.3) is 0 Å². The van der Waals surface area contributed by atoms with Gasteiger partial charge in [-0.05, 0) is 36.4 Å². The van der Waals surface area contributed by atoms with E-state index in [0.717, 1.165) is 27.8 Å². The first-order chi connectivity index (χ1) is 11.8. The van der Waals surface area contributed by atoms with Crippen molar-refractivity contribution in [2.45, 2.75) is 19.8 Å². The Kier molecular flexibility index (Phi) is 5.12. The van der Waals surface area contributed by atoms with Crippen LogP contribution in [-0.4, -0.2) is 12.5 Å². The molecule has 1 N–H and O–H groups in total. The van der Waals surface area contributed by atoms with E-state index in [1.54, 1.807) is 0 Å². The van der Waals surface area contributed by atoms with Crippen molar-refractivity contribution in [2.24, 2.45) is 0 Å². The number of anilines is 1. The minimum atomic E-state index is 0.0117. The zero-order valence-electron chi connectivity index (χ0n) is 13.8. The Balaban J connectivity index is 1.68. The molecule has 0 spiro atoms. The normalized spacial score (nSPS) is 10.5. The molecule has 3 aromatic rings. The van der Waals surface area contributed by atoms with E-state index in [1.165, 1.54) is 0 Å². The highest BCUT2D eigenvalue weighted by Gasteiger charge is 2.08. The second kappa shape index (κ2) is 7.64. The molecule has 3 aromatic carbocycles. The molecule has 3 heteroatoms. The van der Waals surface area contributed by atoms with Gasteiger partial charge in [0.15, 0.2) is 0 Å². The van der Waals surface area contributed by atoms with E-state index >= 15 is 0 Å². The number of carbonyl (C=O) groups excluding carboxylic acids is 1. The molecule has 122 valence electrons. The van der Waals surface area contributed by atoms with Crippen LogP contribution in [0.2, 0.25) is 0 Å². The predicted octanol–water partition coefficient (Wildman–Crippen LogP) is 4.81. The lowest BCUT2D eigenvalue weighted by atomic mass is 10.1. The average molecular weight is 319 g/mol.